The number of hydrogen-bond acceptors (Lipinski definition) is 4. The van der Waals surface area contributed by atoms with Gasteiger partial charge in [0.2, 0.25) is 0 Å². The summed E-state index contributed by atoms with van der Waals surface area (Å²) in [6.45, 7) is 1.88. The van der Waals surface area contributed by atoms with Crippen molar-refractivity contribution in [3.05, 3.63) is 51.5 Å². The fourth-order valence-corrected chi connectivity index (χ4v) is 2.80. The van der Waals surface area contributed by atoms with Gasteiger partial charge in [0.15, 0.2) is 0 Å². The molecule has 3 N–H and O–H groups in total. The number of halogens is 3. The van der Waals surface area contributed by atoms with Gasteiger partial charge in [0.25, 0.3) is 0 Å². The van der Waals surface area contributed by atoms with Crippen molar-refractivity contribution in [2.45, 2.75) is 25.6 Å². The topological polar surface area (TPSA) is 50.9 Å². The van der Waals surface area contributed by atoms with Crippen LogP contribution in [-0.4, -0.2) is 4.98 Å². The molecule has 0 radical (unpaired) electrons. The lowest BCUT2D eigenvalue weighted by molar-refractivity contribution is -0.137. The van der Waals surface area contributed by atoms with Gasteiger partial charge in [0, 0.05) is 4.88 Å². The second kappa shape index (κ2) is 5.90. The second-order valence-electron chi connectivity index (χ2n) is 4.42. The van der Waals surface area contributed by atoms with Crippen molar-refractivity contribution in [3.63, 3.8) is 0 Å². The third kappa shape index (κ3) is 3.36. The Labute approximate surface area is 118 Å². The van der Waals surface area contributed by atoms with Gasteiger partial charge >= 0.3 is 6.18 Å². The number of benzene rings is 1. The van der Waals surface area contributed by atoms with E-state index in [1.165, 1.54) is 23.5 Å². The van der Waals surface area contributed by atoms with Crippen LogP contribution in [0.2, 0.25) is 0 Å². The third-order valence-electron chi connectivity index (χ3n) is 3.02. The van der Waals surface area contributed by atoms with E-state index in [-0.39, 0.29) is 6.04 Å². The van der Waals surface area contributed by atoms with Crippen LogP contribution in [0.1, 0.15) is 27.7 Å². The molecule has 2 rings (SSSR count). The fourth-order valence-electron chi connectivity index (χ4n) is 1.94. The van der Waals surface area contributed by atoms with Crippen LogP contribution in [0.25, 0.3) is 0 Å². The van der Waals surface area contributed by atoms with Crippen LogP contribution in [0.15, 0.2) is 29.8 Å². The summed E-state index contributed by atoms with van der Waals surface area (Å²) < 4.78 is 37.5. The Kier molecular flexibility index (Phi) is 4.42. The Balaban J connectivity index is 2.15. The molecular weight excluding hydrogens is 287 g/mol. The van der Waals surface area contributed by atoms with Crippen LogP contribution in [0, 0.1) is 6.92 Å². The highest BCUT2D eigenvalue weighted by Crippen LogP contribution is 2.30. The van der Waals surface area contributed by atoms with Crippen molar-refractivity contribution in [1.29, 1.82) is 0 Å². The lowest BCUT2D eigenvalue weighted by atomic mass is 10.0. The molecule has 7 heteroatoms. The monoisotopic (exact) mass is 301 g/mol. The maximum Gasteiger partial charge on any atom is 0.416 e. The minimum absolute atomic E-state index is 0.153. The standard InChI is InChI=1S/C13H14F3N3S/c1-8-12(20-7-18-8)11(19-17)6-9-2-4-10(5-3-9)13(14,15)16/h2-5,7,11,19H,6,17H2,1H3. The minimum atomic E-state index is -4.31. The number of rotatable bonds is 4. The van der Waals surface area contributed by atoms with Crippen LogP contribution < -0.4 is 11.3 Å². The first-order valence-electron chi connectivity index (χ1n) is 5.94. The molecule has 0 saturated heterocycles. The zero-order chi connectivity index (χ0) is 14.8. The van der Waals surface area contributed by atoms with Crippen molar-refractivity contribution in [1.82, 2.24) is 10.4 Å². The van der Waals surface area contributed by atoms with E-state index in [1.54, 1.807) is 5.51 Å². The molecule has 0 aliphatic heterocycles. The Bertz CT molecular complexity index is 563. The molecule has 1 aromatic carbocycles. The van der Waals surface area contributed by atoms with E-state index in [0.717, 1.165) is 28.3 Å². The number of aryl methyl sites for hydroxylation is 1. The van der Waals surface area contributed by atoms with Gasteiger partial charge in [-0.3, -0.25) is 11.3 Å². The number of nitrogens with zero attached hydrogens (tertiary/aromatic N) is 1. The third-order valence-corrected chi connectivity index (χ3v) is 4.07. The smallest absolute Gasteiger partial charge is 0.271 e. The number of alkyl halides is 3. The van der Waals surface area contributed by atoms with E-state index >= 15 is 0 Å². The average molecular weight is 301 g/mol. The van der Waals surface area contributed by atoms with Gasteiger partial charge in [-0.25, -0.2) is 4.98 Å². The van der Waals surface area contributed by atoms with E-state index in [1.807, 2.05) is 6.92 Å². The van der Waals surface area contributed by atoms with Crippen molar-refractivity contribution < 1.29 is 13.2 Å². The maximum atomic E-state index is 12.5. The van der Waals surface area contributed by atoms with Crippen molar-refractivity contribution in [2.24, 2.45) is 5.84 Å². The van der Waals surface area contributed by atoms with Crippen LogP contribution in [0.3, 0.4) is 0 Å². The molecule has 1 heterocycles. The second-order valence-corrected chi connectivity index (χ2v) is 5.31. The van der Waals surface area contributed by atoms with E-state index in [4.69, 9.17) is 5.84 Å². The first kappa shape index (κ1) is 15.0. The zero-order valence-corrected chi connectivity index (χ0v) is 11.6. The summed E-state index contributed by atoms with van der Waals surface area (Å²) in [4.78, 5) is 5.14. The summed E-state index contributed by atoms with van der Waals surface area (Å²) in [7, 11) is 0. The van der Waals surface area contributed by atoms with E-state index in [2.05, 4.69) is 10.4 Å². The van der Waals surface area contributed by atoms with E-state index in [9.17, 15) is 13.2 Å². The van der Waals surface area contributed by atoms with Gasteiger partial charge < -0.3 is 0 Å². The molecule has 0 bridgehead atoms. The van der Waals surface area contributed by atoms with Gasteiger partial charge in [-0.15, -0.1) is 11.3 Å². The minimum Gasteiger partial charge on any atom is -0.271 e. The summed E-state index contributed by atoms with van der Waals surface area (Å²) in [5.41, 5.74) is 5.43. The largest absolute Gasteiger partial charge is 0.416 e. The molecule has 0 aliphatic carbocycles. The van der Waals surface area contributed by atoms with Gasteiger partial charge in [-0.2, -0.15) is 13.2 Å². The molecule has 2 aromatic rings. The van der Waals surface area contributed by atoms with Crippen LogP contribution >= 0.6 is 11.3 Å². The quantitative estimate of drug-likeness (QED) is 0.673. The number of hydrazine groups is 1. The molecule has 1 aromatic heterocycles. The number of aromatic nitrogens is 1. The van der Waals surface area contributed by atoms with Crippen molar-refractivity contribution >= 4 is 11.3 Å². The Morgan fingerprint density at radius 2 is 1.95 bits per heavy atom. The molecule has 1 atom stereocenters. The van der Waals surface area contributed by atoms with Gasteiger partial charge in [-0.05, 0) is 31.0 Å². The first-order valence-corrected chi connectivity index (χ1v) is 6.82. The highest BCUT2D eigenvalue weighted by Gasteiger charge is 2.30. The number of thiazole rings is 1. The average Bonchev–Trinajstić information content (AvgIpc) is 2.82. The molecule has 0 spiro atoms. The van der Waals surface area contributed by atoms with Gasteiger partial charge in [-0.1, -0.05) is 12.1 Å². The first-order chi connectivity index (χ1) is 9.41. The van der Waals surface area contributed by atoms with Gasteiger partial charge in [0.05, 0.1) is 22.8 Å². The summed E-state index contributed by atoms with van der Waals surface area (Å²) >= 11 is 1.48. The predicted octanol–water partition coefficient (Wildman–Crippen LogP) is 3.22. The number of hydrogen-bond donors (Lipinski definition) is 2. The van der Waals surface area contributed by atoms with Crippen molar-refractivity contribution in [2.75, 3.05) is 0 Å². The molecule has 20 heavy (non-hydrogen) atoms. The molecule has 0 fully saturated rings. The molecule has 1 unspecified atom stereocenters. The van der Waals surface area contributed by atoms with E-state index < -0.39 is 11.7 Å². The molecule has 0 amide bonds. The summed E-state index contributed by atoms with van der Waals surface area (Å²) in [5, 5.41) is 0. The molecule has 0 saturated carbocycles. The Morgan fingerprint density at radius 1 is 1.30 bits per heavy atom. The summed E-state index contributed by atoms with van der Waals surface area (Å²) in [6, 6.07) is 4.97. The Morgan fingerprint density at radius 3 is 2.40 bits per heavy atom. The maximum absolute atomic E-state index is 12.5. The molecule has 0 aliphatic rings. The number of nitrogens with one attached hydrogen (secondary N) is 1. The van der Waals surface area contributed by atoms with Crippen LogP contribution in [-0.2, 0) is 12.6 Å². The number of nitrogens with two attached hydrogens (primary N) is 1. The normalized spacial score (nSPS) is 13.4. The van der Waals surface area contributed by atoms with E-state index in [0.29, 0.717) is 6.42 Å². The van der Waals surface area contributed by atoms with Gasteiger partial charge in [0.1, 0.15) is 0 Å². The fraction of sp³-hybridized carbons (Fsp3) is 0.308. The highest BCUT2D eigenvalue weighted by molar-refractivity contribution is 7.09. The summed E-state index contributed by atoms with van der Waals surface area (Å²) in [6.07, 6.45) is -3.80. The SMILES string of the molecule is Cc1ncsc1C(Cc1ccc(C(F)(F)F)cc1)NN. The lowest BCUT2D eigenvalue weighted by Gasteiger charge is -2.15. The predicted molar refractivity (Wildman–Crippen MR) is 72.1 cm³/mol. The lowest BCUT2D eigenvalue weighted by Crippen LogP contribution is -2.29. The molecular formula is C13H14F3N3S. The molecule has 3 nitrogen and oxygen atoms in total. The van der Waals surface area contributed by atoms with Crippen LogP contribution in [0.4, 0.5) is 13.2 Å². The van der Waals surface area contributed by atoms with Crippen molar-refractivity contribution in [3.8, 4) is 0 Å². The summed E-state index contributed by atoms with van der Waals surface area (Å²) in [5.74, 6) is 5.53. The Hall–Kier alpha value is -1.44. The zero-order valence-electron chi connectivity index (χ0n) is 10.7. The molecule has 108 valence electrons. The van der Waals surface area contributed by atoms with Crippen LogP contribution in [0.5, 0.6) is 0 Å². The highest BCUT2D eigenvalue weighted by atomic mass is 32.1.